The number of nitrogens with one attached hydrogen (secondary N) is 1. The SMILES string of the molecule is Cc1ccc(-c2nn3c(-c4ccncc4)nnc3c3ccccc23)cc1S(=O)(=O)NCCO. The Labute approximate surface area is 189 Å². The van der Waals surface area contributed by atoms with Crippen LogP contribution in [0.15, 0.2) is 71.9 Å². The minimum Gasteiger partial charge on any atom is -0.395 e. The molecule has 5 aromatic rings. The number of aliphatic hydroxyl groups excluding tert-OH is 1. The van der Waals surface area contributed by atoms with E-state index < -0.39 is 10.0 Å². The zero-order valence-corrected chi connectivity index (χ0v) is 18.5. The molecule has 2 aromatic carbocycles. The van der Waals surface area contributed by atoms with Crippen LogP contribution >= 0.6 is 0 Å². The summed E-state index contributed by atoms with van der Waals surface area (Å²) in [6.07, 6.45) is 3.35. The lowest BCUT2D eigenvalue weighted by atomic mass is 10.0. The number of sulfonamides is 1. The molecule has 3 aromatic heterocycles. The fourth-order valence-corrected chi connectivity index (χ4v) is 5.06. The molecule has 0 aliphatic rings. The van der Waals surface area contributed by atoms with Gasteiger partial charge in [0.2, 0.25) is 10.0 Å². The third-order valence-corrected chi connectivity index (χ3v) is 6.96. The van der Waals surface area contributed by atoms with E-state index in [1.165, 1.54) is 0 Å². The summed E-state index contributed by atoms with van der Waals surface area (Å²) in [5.74, 6) is 0.559. The molecule has 0 aliphatic heterocycles. The van der Waals surface area contributed by atoms with Gasteiger partial charge in [-0.15, -0.1) is 10.2 Å². The molecule has 0 fully saturated rings. The van der Waals surface area contributed by atoms with Crippen LogP contribution in [0, 0.1) is 6.92 Å². The van der Waals surface area contributed by atoms with Gasteiger partial charge in [-0.05, 0) is 30.7 Å². The Kier molecular flexibility index (Phi) is 5.33. The summed E-state index contributed by atoms with van der Waals surface area (Å²) in [5, 5.41) is 24.3. The van der Waals surface area contributed by atoms with Crippen molar-refractivity contribution in [3.05, 3.63) is 72.6 Å². The zero-order valence-electron chi connectivity index (χ0n) is 17.7. The van der Waals surface area contributed by atoms with E-state index in [1.807, 2.05) is 42.5 Å². The zero-order chi connectivity index (χ0) is 23.0. The molecular weight excluding hydrogens is 440 g/mol. The number of aromatic nitrogens is 5. The van der Waals surface area contributed by atoms with E-state index in [1.54, 1.807) is 36.0 Å². The van der Waals surface area contributed by atoms with Gasteiger partial charge in [-0.25, -0.2) is 13.1 Å². The Hall–Kier alpha value is -3.73. The highest BCUT2D eigenvalue weighted by Crippen LogP contribution is 2.32. The van der Waals surface area contributed by atoms with Crippen molar-refractivity contribution in [2.45, 2.75) is 11.8 Å². The average Bonchev–Trinajstić information content (AvgIpc) is 3.27. The van der Waals surface area contributed by atoms with Crippen molar-refractivity contribution in [1.82, 2.24) is 29.5 Å². The number of aliphatic hydroxyl groups is 1. The third kappa shape index (κ3) is 3.74. The number of aryl methyl sites for hydroxylation is 1. The Morgan fingerprint density at radius 1 is 0.970 bits per heavy atom. The molecule has 0 unspecified atom stereocenters. The summed E-state index contributed by atoms with van der Waals surface area (Å²) in [4.78, 5) is 4.19. The van der Waals surface area contributed by atoms with Gasteiger partial charge in [0.1, 0.15) is 0 Å². The first-order valence-electron chi connectivity index (χ1n) is 10.3. The molecule has 2 N–H and O–H groups in total. The smallest absolute Gasteiger partial charge is 0.240 e. The molecule has 3 heterocycles. The topological polar surface area (TPSA) is 122 Å². The molecule has 10 heteroatoms. The number of fused-ring (bicyclic) bond motifs is 3. The number of nitrogens with zero attached hydrogens (tertiary/aromatic N) is 5. The maximum Gasteiger partial charge on any atom is 0.240 e. The number of pyridine rings is 1. The van der Waals surface area contributed by atoms with Crippen LogP contribution in [-0.4, -0.2) is 51.5 Å². The minimum atomic E-state index is -3.80. The second-order valence-corrected chi connectivity index (χ2v) is 9.23. The number of hydrogen-bond donors (Lipinski definition) is 2. The third-order valence-electron chi connectivity index (χ3n) is 5.36. The van der Waals surface area contributed by atoms with Crippen molar-refractivity contribution in [3.63, 3.8) is 0 Å². The highest BCUT2D eigenvalue weighted by atomic mass is 32.2. The molecule has 9 nitrogen and oxygen atoms in total. The Bertz CT molecular complexity index is 1580. The first-order valence-corrected chi connectivity index (χ1v) is 11.7. The maximum absolute atomic E-state index is 12.8. The Balaban J connectivity index is 1.77. The van der Waals surface area contributed by atoms with Crippen LogP contribution in [0.2, 0.25) is 0 Å². The lowest BCUT2D eigenvalue weighted by molar-refractivity contribution is 0.301. The van der Waals surface area contributed by atoms with Crippen molar-refractivity contribution in [1.29, 1.82) is 0 Å². The Morgan fingerprint density at radius 2 is 1.73 bits per heavy atom. The summed E-state index contributed by atoms with van der Waals surface area (Å²) in [6, 6.07) is 16.5. The number of rotatable bonds is 6. The number of hydrogen-bond acceptors (Lipinski definition) is 7. The predicted molar refractivity (Wildman–Crippen MR) is 124 cm³/mol. The molecule has 0 aliphatic carbocycles. The van der Waals surface area contributed by atoms with Crippen LogP contribution in [0.1, 0.15) is 5.56 Å². The van der Waals surface area contributed by atoms with E-state index in [0.717, 1.165) is 16.3 Å². The fraction of sp³-hybridized carbons (Fsp3) is 0.130. The van der Waals surface area contributed by atoms with E-state index in [0.29, 0.717) is 28.3 Å². The highest BCUT2D eigenvalue weighted by molar-refractivity contribution is 7.89. The summed E-state index contributed by atoms with van der Waals surface area (Å²) in [7, 11) is -3.80. The van der Waals surface area contributed by atoms with Gasteiger partial charge in [0.25, 0.3) is 0 Å². The molecule has 0 radical (unpaired) electrons. The summed E-state index contributed by atoms with van der Waals surface area (Å²) >= 11 is 0. The van der Waals surface area contributed by atoms with E-state index >= 15 is 0 Å². The molecule has 5 rings (SSSR count). The van der Waals surface area contributed by atoms with Crippen molar-refractivity contribution < 1.29 is 13.5 Å². The minimum absolute atomic E-state index is 0.0604. The van der Waals surface area contributed by atoms with Gasteiger partial charge in [0, 0.05) is 40.8 Å². The van der Waals surface area contributed by atoms with Crippen LogP contribution in [0.3, 0.4) is 0 Å². The van der Waals surface area contributed by atoms with Crippen LogP contribution in [-0.2, 0) is 10.0 Å². The summed E-state index contributed by atoms with van der Waals surface area (Å²) in [6.45, 7) is 1.38. The van der Waals surface area contributed by atoms with Crippen molar-refractivity contribution >= 4 is 26.4 Å². The van der Waals surface area contributed by atoms with Crippen molar-refractivity contribution in [2.75, 3.05) is 13.2 Å². The van der Waals surface area contributed by atoms with Gasteiger partial charge < -0.3 is 5.11 Å². The maximum atomic E-state index is 12.8. The normalized spacial score (nSPS) is 11.9. The monoisotopic (exact) mass is 460 g/mol. The van der Waals surface area contributed by atoms with Crippen LogP contribution in [0.4, 0.5) is 0 Å². The van der Waals surface area contributed by atoms with Crippen molar-refractivity contribution in [2.24, 2.45) is 0 Å². The molecular formula is C23H20N6O3S. The Morgan fingerprint density at radius 3 is 2.48 bits per heavy atom. The molecule has 0 atom stereocenters. The summed E-state index contributed by atoms with van der Waals surface area (Å²) in [5.41, 5.74) is 3.25. The van der Waals surface area contributed by atoms with E-state index in [4.69, 9.17) is 10.2 Å². The summed E-state index contributed by atoms with van der Waals surface area (Å²) < 4.78 is 29.7. The van der Waals surface area contributed by atoms with Gasteiger partial charge in [-0.2, -0.15) is 9.61 Å². The van der Waals surface area contributed by atoms with E-state index in [9.17, 15) is 8.42 Å². The van der Waals surface area contributed by atoms with Gasteiger partial charge in [0.05, 0.1) is 17.2 Å². The van der Waals surface area contributed by atoms with Gasteiger partial charge in [0.15, 0.2) is 11.5 Å². The molecule has 0 spiro atoms. The molecule has 33 heavy (non-hydrogen) atoms. The first-order chi connectivity index (χ1) is 16.0. The van der Waals surface area contributed by atoms with Gasteiger partial charge in [-0.3, -0.25) is 4.98 Å². The number of benzene rings is 2. The largest absolute Gasteiger partial charge is 0.395 e. The van der Waals surface area contributed by atoms with E-state index in [-0.39, 0.29) is 18.0 Å². The quantitative estimate of drug-likeness (QED) is 0.399. The van der Waals surface area contributed by atoms with E-state index in [2.05, 4.69) is 19.9 Å². The van der Waals surface area contributed by atoms with Crippen molar-refractivity contribution in [3.8, 4) is 22.6 Å². The first kappa shape index (κ1) is 21.1. The van der Waals surface area contributed by atoms with Crippen LogP contribution in [0.5, 0.6) is 0 Å². The predicted octanol–water partition coefficient (Wildman–Crippen LogP) is 2.59. The second kappa shape index (κ2) is 8.32. The van der Waals surface area contributed by atoms with Crippen LogP contribution in [0.25, 0.3) is 39.1 Å². The molecule has 166 valence electrons. The lowest BCUT2D eigenvalue weighted by Gasteiger charge is -2.12. The highest BCUT2D eigenvalue weighted by Gasteiger charge is 2.20. The average molecular weight is 461 g/mol. The van der Waals surface area contributed by atoms with Gasteiger partial charge in [-0.1, -0.05) is 36.4 Å². The molecule has 0 saturated carbocycles. The molecule has 0 amide bonds. The lowest BCUT2D eigenvalue weighted by Crippen LogP contribution is -2.27. The molecule has 0 bridgehead atoms. The van der Waals surface area contributed by atoms with Gasteiger partial charge >= 0.3 is 0 Å². The standard InChI is InChI=1S/C23H20N6O3S/c1-15-6-7-17(14-20(15)33(31,32)25-12-13-30)21-18-4-2-3-5-19(18)23-27-26-22(29(23)28-21)16-8-10-24-11-9-16/h2-11,14,25,30H,12-13H2,1H3. The second-order valence-electron chi connectivity index (χ2n) is 7.49. The van der Waals surface area contributed by atoms with Crippen LogP contribution < -0.4 is 4.72 Å². The fourth-order valence-electron chi connectivity index (χ4n) is 3.77. The molecule has 0 saturated heterocycles.